The van der Waals surface area contributed by atoms with Gasteiger partial charge in [-0.1, -0.05) is 0 Å². The van der Waals surface area contributed by atoms with Gasteiger partial charge in [-0.15, -0.1) is 35.3 Å². The Kier molecular flexibility index (Phi) is 13.7. The van der Waals surface area contributed by atoms with Crippen molar-refractivity contribution in [3.63, 3.8) is 0 Å². The molecule has 8 heteroatoms. The maximum absolute atomic E-state index is 12.0. The fraction of sp³-hybridized carbons (Fsp3) is 0.625. The molecular formula is C16H28BrIN4OS. The number of nitrogens with zero attached hydrogens (tertiary/aromatic N) is 2. The Balaban J connectivity index is 0.00000529. The van der Waals surface area contributed by atoms with Crippen LogP contribution < -0.4 is 10.6 Å². The van der Waals surface area contributed by atoms with Crippen LogP contribution in [0, 0.1) is 0 Å². The third-order valence-electron chi connectivity index (χ3n) is 3.35. The first-order valence-electron chi connectivity index (χ1n) is 8.14. The van der Waals surface area contributed by atoms with Crippen LogP contribution in [0.5, 0.6) is 0 Å². The van der Waals surface area contributed by atoms with E-state index in [9.17, 15) is 4.79 Å². The smallest absolute Gasteiger partial charge is 0.224 e. The average molecular weight is 531 g/mol. The highest BCUT2D eigenvalue weighted by atomic mass is 127. The summed E-state index contributed by atoms with van der Waals surface area (Å²) in [4.78, 5) is 19.7. The molecule has 0 saturated heterocycles. The van der Waals surface area contributed by atoms with Crippen LogP contribution >= 0.6 is 51.2 Å². The molecule has 5 nitrogen and oxygen atoms in total. The molecule has 0 fully saturated rings. The van der Waals surface area contributed by atoms with Crippen molar-refractivity contribution in [3.8, 4) is 0 Å². The highest BCUT2D eigenvalue weighted by Gasteiger charge is 2.09. The van der Waals surface area contributed by atoms with Gasteiger partial charge in [-0.2, -0.15) is 0 Å². The van der Waals surface area contributed by atoms with Crippen molar-refractivity contribution in [2.24, 2.45) is 4.99 Å². The number of nitrogens with one attached hydrogen (secondary N) is 2. The third kappa shape index (κ3) is 9.22. The van der Waals surface area contributed by atoms with Crippen molar-refractivity contribution in [2.75, 3.05) is 32.7 Å². The SMILES string of the molecule is CCNC(=NCCc1ccc(Br)s1)NCCC(=O)N(CC)CC.I. The summed E-state index contributed by atoms with van der Waals surface area (Å²) in [6, 6.07) is 4.18. The van der Waals surface area contributed by atoms with Crippen molar-refractivity contribution in [3.05, 3.63) is 20.8 Å². The first-order chi connectivity index (χ1) is 11.1. The lowest BCUT2D eigenvalue weighted by Gasteiger charge is -2.19. The molecule has 0 aliphatic rings. The van der Waals surface area contributed by atoms with Crippen molar-refractivity contribution in [1.82, 2.24) is 15.5 Å². The van der Waals surface area contributed by atoms with E-state index in [0.29, 0.717) is 13.0 Å². The Labute approximate surface area is 174 Å². The fourth-order valence-corrected chi connectivity index (χ4v) is 3.60. The molecule has 138 valence electrons. The van der Waals surface area contributed by atoms with Crippen LogP contribution in [0.3, 0.4) is 0 Å². The Hall–Kier alpha value is -0.350. The maximum Gasteiger partial charge on any atom is 0.224 e. The van der Waals surface area contributed by atoms with Crippen LogP contribution in [0.4, 0.5) is 0 Å². The third-order valence-corrected chi connectivity index (χ3v) is 5.03. The van der Waals surface area contributed by atoms with Crippen LogP contribution in [-0.2, 0) is 11.2 Å². The summed E-state index contributed by atoms with van der Waals surface area (Å²) in [5.41, 5.74) is 0. The van der Waals surface area contributed by atoms with E-state index < -0.39 is 0 Å². The van der Waals surface area contributed by atoms with Gasteiger partial charge >= 0.3 is 0 Å². The van der Waals surface area contributed by atoms with Gasteiger partial charge in [0, 0.05) is 50.4 Å². The molecular weight excluding hydrogens is 503 g/mol. The van der Waals surface area contributed by atoms with Crippen LogP contribution in [0.1, 0.15) is 32.1 Å². The van der Waals surface area contributed by atoms with Gasteiger partial charge in [0.05, 0.1) is 3.79 Å². The minimum Gasteiger partial charge on any atom is -0.357 e. The highest BCUT2D eigenvalue weighted by molar-refractivity contribution is 14.0. The molecule has 1 heterocycles. The van der Waals surface area contributed by atoms with E-state index >= 15 is 0 Å². The van der Waals surface area contributed by atoms with Crippen LogP contribution in [-0.4, -0.2) is 49.5 Å². The molecule has 1 aromatic heterocycles. The normalized spacial score (nSPS) is 10.9. The summed E-state index contributed by atoms with van der Waals surface area (Å²) in [6.07, 6.45) is 1.41. The molecule has 0 aliphatic heterocycles. The first kappa shape index (κ1) is 23.6. The summed E-state index contributed by atoms with van der Waals surface area (Å²) in [5, 5.41) is 6.44. The molecule has 1 aromatic rings. The van der Waals surface area contributed by atoms with Crippen molar-refractivity contribution >= 4 is 63.1 Å². The predicted octanol–water partition coefficient (Wildman–Crippen LogP) is 3.48. The van der Waals surface area contributed by atoms with Crippen LogP contribution in [0.25, 0.3) is 0 Å². The quantitative estimate of drug-likeness (QED) is 0.292. The molecule has 0 aliphatic carbocycles. The zero-order chi connectivity index (χ0) is 17.1. The lowest BCUT2D eigenvalue weighted by Crippen LogP contribution is -2.40. The Morgan fingerprint density at radius 2 is 1.96 bits per heavy atom. The molecule has 0 atom stereocenters. The van der Waals surface area contributed by atoms with E-state index in [4.69, 9.17) is 0 Å². The van der Waals surface area contributed by atoms with Gasteiger partial charge in [-0.05, 0) is 48.8 Å². The highest BCUT2D eigenvalue weighted by Crippen LogP contribution is 2.22. The van der Waals surface area contributed by atoms with Gasteiger partial charge < -0.3 is 15.5 Å². The largest absolute Gasteiger partial charge is 0.357 e. The minimum absolute atomic E-state index is 0. The average Bonchev–Trinajstić information content (AvgIpc) is 2.94. The molecule has 0 radical (unpaired) electrons. The van der Waals surface area contributed by atoms with Gasteiger partial charge in [0.15, 0.2) is 5.96 Å². The van der Waals surface area contributed by atoms with Crippen molar-refractivity contribution < 1.29 is 4.79 Å². The maximum atomic E-state index is 12.0. The number of hydrogen-bond donors (Lipinski definition) is 2. The van der Waals surface area contributed by atoms with Crippen LogP contribution in [0.2, 0.25) is 0 Å². The zero-order valence-electron chi connectivity index (χ0n) is 14.6. The zero-order valence-corrected chi connectivity index (χ0v) is 19.3. The topological polar surface area (TPSA) is 56.7 Å². The molecule has 1 rings (SSSR count). The summed E-state index contributed by atoms with van der Waals surface area (Å²) in [7, 11) is 0. The Morgan fingerprint density at radius 3 is 2.50 bits per heavy atom. The number of amides is 1. The van der Waals surface area contributed by atoms with Gasteiger partial charge in [-0.3, -0.25) is 9.79 Å². The summed E-state index contributed by atoms with van der Waals surface area (Å²) in [5.74, 6) is 0.956. The molecule has 0 aromatic carbocycles. The summed E-state index contributed by atoms with van der Waals surface area (Å²) in [6.45, 7) is 9.71. The van der Waals surface area contributed by atoms with E-state index in [2.05, 4.69) is 43.7 Å². The van der Waals surface area contributed by atoms with E-state index in [1.54, 1.807) is 11.3 Å². The van der Waals surface area contributed by atoms with Crippen molar-refractivity contribution in [1.29, 1.82) is 0 Å². The number of hydrogen-bond acceptors (Lipinski definition) is 3. The van der Waals surface area contributed by atoms with E-state index in [-0.39, 0.29) is 29.9 Å². The number of aliphatic imine (C=N–C) groups is 1. The fourth-order valence-electron chi connectivity index (χ4n) is 2.13. The number of carbonyl (C=O) groups excluding carboxylic acids is 1. The standard InChI is InChI=1S/C16H27BrN4OS.HI/c1-4-18-16(19-11-9-13-7-8-14(17)23-13)20-12-10-15(22)21(5-2)6-3;/h7-8H,4-6,9-12H2,1-3H3,(H2,18,19,20);1H. The number of thiophene rings is 1. The van der Waals surface area contributed by atoms with Crippen LogP contribution in [0.15, 0.2) is 20.9 Å². The first-order valence-corrected chi connectivity index (χ1v) is 9.75. The molecule has 0 bridgehead atoms. The van der Waals surface area contributed by atoms with E-state index in [0.717, 1.165) is 42.3 Å². The second kappa shape index (κ2) is 13.9. The second-order valence-electron chi connectivity index (χ2n) is 4.96. The predicted molar refractivity (Wildman–Crippen MR) is 118 cm³/mol. The number of halogens is 2. The molecule has 2 N–H and O–H groups in total. The monoisotopic (exact) mass is 530 g/mol. The van der Waals surface area contributed by atoms with Gasteiger partial charge in [0.25, 0.3) is 0 Å². The number of guanidine groups is 1. The minimum atomic E-state index is 0. The van der Waals surface area contributed by atoms with E-state index in [1.165, 1.54) is 4.88 Å². The summed E-state index contributed by atoms with van der Waals surface area (Å²) >= 11 is 5.21. The van der Waals surface area contributed by atoms with Gasteiger partial charge in [-0.25, -0.2) is 0 Å². The molecule has 1 amide bonds. The lowest BCUT2D eigenvalue weighted by atomic mass is 10.3. The molecule has 0 unspecified atom stereocenters. The lowest BCUT2D eigenvalue weighted by molar-refractivity contribution is -0.130. The van der Waals surface area contributed by atoms with Gasteiger partial charge in [0.1, 0.15) is 0 Å². The number of rotatable bonds is 9. The Bertz CT molecular complexity index is 506. The Morgan fingerprint density at radius 1 is 1.25 bits per heavy atom. The molecule has 0 spiro atoms. The molecule has 0 saturated carbocycles. The molecule has 24 heavy (non-hydrogen) atoms. The van der Waals surface area contributed by atoms with Gasteiger partial charge in [0.2, 0.25) is 5.91 Å². The second-order valence-corrected chi connectivity index (χ2v) is 7.51. The number of carbonyl (C=O) groups is 1. The summed E-state index contributed by atoms with van der Waals surface area (Å²) < 4.78 is 1.15. The van der Waals surface area contributed by atoms with E-state index in [1.807, 2.05) is 25.7 Å². The van der Waals surface area contributed by atoms with Crippen molar-refractivity contribution in [2.45, 2.75) is 33.6 Å².